The fourth-order valence-corrected chi connectivity index (χ4v) is 1.94. The fourth-order valence-electron chi connectivity index (χ4n) is 1.94. The summed E-state index contributed by atoms with van der Waals surface area (Å²) in [5.74, 6) is -0.805. The van der Waals surface area contributed by atoms with Gasteiger partial charge in [0, 0.05) is 47.2 Å². The Kier molecular flexibility index (Phi) is 10.1. The van der Waals surface area contributed by atoms with Crippen LogP contribution in [0.2, 0.25) is 0 Å². The molecule has 0 aromatic heterocycles. The van der Waals surface area contributed by atoms with Gasteiger partial charge in [-0.15, -0.1) is 6.54 Å². The Morgan fingerprint density at radius 1 is 1.42 bits per heavy atom. The molecule has 1 saturated heterocycles. The number of carbonyl (C=O) groups is 2. The molecule has 0 bridgehead atoms. The van der Waals surface area contributed by atoms with Crippen LogP contribution in [0.3, 0.4) is 0 Å². The number of hydrogen-bond donors (Lipinski definition) is 1. The van der Waals surface area contributed by atoms with Crippen LogP contribution < -0.4 is 0 Å². The number of rotatable bonds is 8. The van der Waals surface area contributed by atoms with Gasteiger partial charge in [0.2, 0.25) is 5.91 Å². The maximum Gasteiger partial charge on any atom is 0.329 e. The minimum Gasteiger partial charge on any atom is -0.480 e. The first-order valence-electron chi connectivity index (χ1n) is 6.29. The fraction of sp³-hybridized carbons (Fsp3) is 0.750. The number of carboxylic acids is 1. The predicted octanol–water partition coefficient (Wildman–Crippen LogP) is 0.539. The largest absolute Gasteiger partial charge is 0.480 e. The summed E-state index contributed by atoms with van der Waals surface area (Å²) in [5, 5.41) is 12.1. The predicted molar refractivity (Wildman–Crippen MR) is 65.6 cm³/mol. The summed E-state index contributed by atoms with van der Waals surface area (Å²) in [6.45, 7) is 6.11. The first kappa shape index (κ1) is 18.5. The van der Waals surface area contributed by atoms with Gasteiger partial charge in [0.05, 0.1) is 0 Å². The molecule has 0 aliphatic carbocycles. The van der Waals surface area contributed by atoms with Crippen LogP contribution in [0.25, 0.3) is 0 Å². The van der Waals surface area contributed by atoms with Gasteiger partial charge in [0.15, 0.2) is 0 Å². The van der Waals surface area contributed by atoms with Gasteiger partial charge in [-0.2, -0.15) is 0 Å². The van der Waals surface area contributed by atoms with Gasteiger partial charge < -0.3 is 16.8 Å². The van der Waals surface area contributed by atoms with E-state index in [1.807, 2.05) is 5.01 Å². The Bertz CT molecular complexity index is 289. The van der Waals surface area contributed by atoms with Gasteiger partial charge in [-0.25, -0.2) is 9.80 Å². The van der Waals surface area contributed by atoms with Crippen molar-refractivity contribution in [2.45, 2.75) is 25.7 Å². The van der Waals surface area contributed by atoms with E-state index in [9.17, 15) is 9.59 Å². The summed E-state index contributed by atoms with van der Waals surface area (Å²) in [6.07, 6.45) is 3.06. The second kappa shape index (κ2) is 10.3. The number of unbranched alkanes of at least 4 members (excludes halogenated alkanes) is 1. The Labute approximate surface area is 128 Å². The van der Waals surface area contributed by atoms with E-state index in [0.29, 0.717) is 26.1 Å². The van der Waals surface area contributed by atoms with Crippen LogP contribution in [0.1, 0.15) is 25.7 Å². The average Bonchev–Trinajstić information content (AvgIpc) is 2.34. The van der Waals surface area contributed by atoms with Crippen LogP contribution in [0, 0.1) is 6.92 Å². The van der Waals surface area contributed by atoms with Gasteiger partial charge in [-0.1, -0.05) is 0 Å². The number of aliphatic carboxylic acids is 1. The van der Waals surface area contributed by atoms with Gasteiger partial charge in [-0.3, -0.25) is 9.80 Å². The van der Waals surface area contributed by atoms with Crippen molar-refractivity contribution in [2.24, 2.45) is 0 Å². The molecule has 0 unspecified atom stereocenters. The quantitative estimate of drug-likeness (QED) is 0.440. The molecule has 0 aromatic carbocycles. The van der Waals surface area contributed by atoms with E-state index in [-0.39, 0.29) is 33.6 Å². The standard InChI is InChI=1S/C12H21N2O4.W/c1-2-13-7-5-6-11(15)14(13)8-3-4-9-18-10-12(16)17;/h1-10H2,(H,16,17);/q-1;. The molecule has 1 fully saturated rings. The second-order valence-electron chi connectivity index (χ2n) is 4.23. The number of ether oxygens (including phenoxy) is 1. The molecule has 110 valence electrons. The zero-order valence-electron chi connectivity index (χ0n) is 11.0. The van der Waals surface area contributed by atoms with Gasteiger partial charge in [0.1, 0.15) is 6.61 Å². The number of hydrazine groups is 1. The molecule has 1 heterocycles. The first-order chi connectivity index (χ1) is 8.65. The first-order valence-corrected chi connectivity index (χ1v) is 6.29. The molecule has 7 heteroatoms. The van der Waals surface area contributed by atoms with Crippen molar-refractivity contribution < 1.29 is 40.5 Å². The van der Waals surface area contributed by atoms with Crippen molar-refractivity contribution >= 4 is 11.9 Å². The molecule has 0 spiro atoms. The molecular weight excluding hydrogens is 420 g/mol. The van der Waals surface area contributed by atoms with Crippen LogP contribution in [0.5, 0.6) is 0 Å². The Morgan fingerprint density at radius 3 is 2.79 bits per heavy atom. The molecule has 0 saturated carbocycles. The molecule has 19 heavy (non-hydrogen) atoms. The van der Waals surface area contributed by atoms with Crippen molar-refractivity contribution in [3.63, 3.8) is 0 Å². The van der Waals surface area contributed by atoms with Gasteiger partial charge in [0.25, 0.3) is 0 Å². The maximum absolute atomic E-state index is 11.7. The van der Waals surface area contributed by atoms with E-state index in [1.54, 1.807) is 5.01 Å². The molecule has 0 aromatic rings. The Morgan fingerprint density at radius 2 is 2.16 bits per heavy atom. The Balaban J connectivity index is 0.00000324. The minimum atomic E-state index is -0.954. The van der Waals surface area contributed by atoms with Crippen molar-refractivity contribution in [2.75, 3.05) is 32.8 Å². The molecule has 1 aliphatic heterocycles. The number of carboxylic acid groups (broad SMARTS) is 1. The SMILES string of the molecule is [CH2-]CN1CCCC(=O)N1CCCCOCC(=O)O.[W]. The number of amides is 1. The summed E-state index contributed by atoms with van der Waals surface area (Å²) in [5.41, 5.74) is 0. The number of carbonyl (C=O) groups excluding carboxylic acids is 1. The summed E-state index contributed by atoms with van der Waals surface area (Å²) < 4.78 is 4.94. The molecule has 1 rings (SSSR count). The smallest absolute Gasteiger partial charge is 0.329 e. The molecule has 1 N–H and O–H groups in total. The average molecular weight is 441 g/mol. The number of nitrogens with zero attached hydrogens (tertiary/aromatic N) is 2. The topological polar surface area (TPSA) is 70.1 Å². The summed E-state index contributed by atoms with van der Waals surface area (Å²) in [7, 11) is 0. The zero-order chi connectivity index (χ0) is 13.4. The van der Waals surface area contributed by atoms with Gasteiger partial charge in [-0.05, 0) is 19.3 Å². The normalized spacial score (nSPS) is 16.3. The second-order valence-corrected chi connectivity index (χ2v) is 4.23. The van der Waals surface area contributed by atoms with Crippen LogP contribution >= 0.6 is 0 Å². The zero-order valence-corrected chi connectivity index (χ0v) is 14.0. The van der Waals surface area contributed by atoms with E-state index in [1.165, 1.54) is 0 Å². The van der Waals surface area contributed by atoms with E-state index in [0.717, 1.165) is 25.8 Å². The van der Waals surface area contributed by atoms with Crippen molar-refractivity contribution in [1.82, 2.24) is 10.0 Å². The molecule has 0 atom stereocenters. The molecule has 1 amide bonds. The number of hydrogen-bond acceptors (Lipinski definition) is 4. The van der Waals surface area contributed by atoms with Crippen molar-refractivity contribution in [3.05, 3.63) is 6.92 Å². The van der Waals surface area contributed by atoms with Crippen molar-refractivity contribution in [3.8, 4) is 0 Å². The third kappa shape index (κ3) is 7.04. The molecule has 1 aliphatic rings. The van der Waals surface area contributed by atoms with Crippen LogP contribution in [0.4, 0.5) is 0 Å². The maximum atomic E-state index is 11.7. The molecular formula is C12H21N2O4W-. The van der Waals surface area contributed by atoms with Gasteiger partial charge >= 0.3 is 5.97 Å². The molecule has 6 nitrogen and oxygen atoms in total. The Hall–Kier alpha value is -0.452. The summed E-state index contributed by atoms with van der Waals surface area (Å²) in [6, 6.07) is 0. The monoisotopic (exact) mass is 441 g/mol. The van der Waals surface area contributed by atoms with Crippen LogP contribution in [0.15, 0.2) is 0 Å². The van der Waals surface area contributed by atoms with E-state index < -0.39 is 5.97 Å². The molecule has 0 radical (unpaired) electrons. The van der Waals surface area contributed by atoms with E-state index >= 15 is 0 Å². The van der Waals surface area contributed by atoms with E-state index in [4.69, 9.17) is 9.84 Å². The summed E-state index contributed by atoms with van der Waals surface area (Å²) in [4.78, 5) is 21.9. The third-order valence-electron chi connectivity index (χ3n) is 2.83. The minimum absolute atomic E-state index is 0. The third-order valence-corrected chi connectivity index (χ3v) is 2.83. The van der Waals surface area contributed by atoms with Crippen LogP contribution in [-0.4, -0.2) is 59.8 Å². The van der Waals surface area contributed by atoms with E-state index in [2.05, 4.69) is 6.92 Å². The summed E-state index contributed by atoms with van der Waals surface area (Å²) >= 11 is 0. The van der Waals surface area contributed by atoms with Crippen molar-refractivity contribution in [1.29, 1.82) is 0 Å². The van der Waals surface area contributed by atoms with Crippen LogP contribution in [-0.2, 0) is 35.4 Å².